The fourth-order valence-electron chi connectivity index (χ4n) is 3.70. The number of carbonyl (C=O) groups excluding carboxylic acids is 1. The number of fused-ring (bicyclic) bond motifs is 1. The first-order valence-electron chi connectivity index (χ1n) is 8.58. The third-order valence-corrected chi connectivity index (χ3v) is 6.74. The highest BCUT2D eigenvalue weighted by atomic mass is 35.5. The molecule has 1 atom stereocenters. The number of carbonyl (C=O) groups is 1. The number of benzene rings is 2. The molecule has 0 unspecified atom stereocenters. The van der Waals surface area contributed by atoms with E-state index in [2.05, 4.69) is 31.3 Å². The molecule has 0 saturated carbocycles. The lowest BCUT2D eigenvalue weighted by atomic mass is 9.74. The van der Waals surface area contributed by atoms with Gasteiger partial charge in [-0.15, -0.1) is 11.8 Å². The highest BCUT2D eigenvalue weighted by molar-refractivity contribution is 8.00. The Bertz CT molecular complexity index is 935. The fraction of sp³-hybridized carbons (Fsp3) is 0.286. The summed E-state index contributed by atoms with van der Waals surface area (Å²) in [6.07, 6.45) is 1.39. The first-order chi connectivity index (χ1) is 12.3. The molecule has 2 aromatic carbocycles. The van der Waals surface area contributed by atoms with E-state index in [1.165, 1.54) is 0 Å². The Morgan fingerprint density at radius 3 is 2.65 bits per heavy atom. The van der Waals surface area contributed by atoms with Crippen LogP contribution in [0.15, 0.2) is 58.6 Å². The second-order valence-corrected chi connectivity index (χ2v) is 9.61. The molecule has 1 heterocycles. The summed E-state index contributed by atoms with van der Waals surface area (Å²) in [5.74, 6) is 0.195. The van der Waals surface area contributed by atoms with E-state index in [1.807, 2.05) is 24.3 Å². The monoisotopic (exact) mass is 403 g/mol. The van der Waals surface area contributed by atoms with E-state index in [-0.39, 0.29) is 16.4 Å². The first-order valence-corrected chi connectivity index (χ1v) is 10.2. The normalized spacial score (nSPS) is 21.5. The van der Waals surface area contributed by atoms with Crippen molar-refractivity contribution in [1.29, 1.82) is 0 Å². The Kier molecular flexibility index (Phi) is 4.58. The van der Waals surface area contributed by atoms with E-state index in [9.17, 15) is 4.79 Å². The minimum atomic E-state index is -0.144. The van der Waals surface area contributed by atoms with Crippen LogP contribution in [-0.4, -0.2) is 5.78 Å². The fourth-order valence-corrected chi connectivity index (χ4v) is 5.67. The maximum Gasteiger partial charge on any atom is 0.162 e. The molecule has 0 radical (unpaired) electrons. The van der Waals surface area contributed by atoms with Crippen molar-refractivity contribution in [3.63, 3.8) is 0 Å². The van der Waals surface area contributed by atoms with Crippen LogP contribution < -0.4 is 5.32 Å². The summed E-state index contributed by atoms with van der Waals surface area (Å²) in [4.78, 5) is 14.2. The highest BCUT2D eigenvalue weighted by Crippen LogP contribution is 2.53. The van der Waals surface area contributed by atoms with E-state index in [0.717, 1.165) is 33.8 Å². The van der Waals surface area contributed by atoms with E-state index < -0.39 is 0 Å². The lowest BCUT2D eigenvalue weighted by Gasteiger charge is -2.34. The predicted octanol–water partition coefficient (Wildman–Crippen LogP) is 6.90. The van der Waals surface area contributed by atoms with Gasteiger partial charge in [-0.1, -0.05) is 55.2 Å². The summed E-state index contributed by atoms with van der Waals surface area (Å²) in [5, 5.41) is 4.60. The summed E-state index contributed by atoms with van der Waals surface area (Å²) in [7, 11) is 0. The standard InChI is InChI=1S/C21H19Cl2NOS/c1-21(2)10-16-19(17(25)11-21)20(13-8-7-12(22)9-14(13)23)26-18-6-4-3-5-15(18)24-16/h3-9,20,24H,10-11H2,1-2H3/t20-/m0/s1. The van der Waals surface area contributed by atoms with Gasteiger partial charge in [-0.3, -0.25) is 4.79 Å². The third kappa shape index (κ3) is 3.28. The molecule has 0 saturated heterocycles. The van der Waals surface area contributed by atoms with Crippen LogP contribution in [0.1, 0.15) is 37.5 Å². The zero-order chi connectivity index (χ0) is 18.5. The Morgan fingerprint density at radius 2 is 1.88 bits per heavy atom. The lowest BCUT2D eigenvalue weighted by molar-refractivity contribution is -0.118. The van der Waals surface area contributed by atoms with Crippen molar-refractivity contribution in [2.75, 3.05) is 5.32 Å². The van der Waals surface area contributed by atoms with Crippen molar-refractivity contribution < 1.29 is 4.79 Å². The highest BCUT2D eigenvalue weighted by Gasteiger charge is 2.39. The molecule has 0 fully saturated rings. The van der Waals surface area contributed by atoms with Gasteiger partial charge in [0.2, 0.25) is 0 Å². The van der Waals surface area contributed by atoms with Crippen LogP contribution in [0.2, 0.25) is 10.0 Å². The van der Waals surface area contributed by atoms with Crippen LogP contribution >= 0.6 is 35.0 Å². The number of Topliss-reactive ketones (excluding diaryl/α,β-unsaturated/α-hetero) is 1. The molecule has 2 aliphatic rings. The Morgan fingerprint density at radius 1 is 1.12 bits per heavy atom. The van der Waals surface area contributed by atoms with Crippen molar-refractivity contribution in [2.45, 2.75) is 36.8 Å². The average molecular weight is 404 g/mol. The van der Waals surface area contributed by atoms with Gasteiger partial charge >= 0.3 is 0 Å². The molecule has 1 N–H and O–H groups in total. The number of halogens is 2. The molecular formula is C21H19Cl2NOS. The van der Waals surface area contributed by atoms with Crippen LogP contribution in [0.3, 0.4) is 0 Å². The maximum atomic E-state index is 13.1. The van der Waals surface area contributed by atoms with Crippen molar-refractivity contribution >= 4 is 46.4 Å². The van der Waals surface area contributed by atoms with Crippen molar-refractivity contribution in [2.24, 2.45) is 5.41 Å². The molecule has 0 aromatic heterocycles. The maximum absolute atomic E-state index is 13.1. The van der Waals surface area contributed by atoms with E-state index >= 15 is 0 Å². The van der Waals surface area contributed by atoms with Crippen LogP contribution in [0.4, 0.5) is 5.69 Å². The number of para-hydroxylation sites is 1. The summed E-state index contributed by atoms with van der Waals surface area (Å²) in [6, 6.07) is 13.7. The van der Waals surface area contributed by atoms with Crippen LogP contribution in [0.25, 0.3) is 0 Å². The number of hydrogen-bond donors (Lipinski definition) is 1. The number of nitrogens with one attached hydrogen (secondary N) is 1. The van der Waals surface area contributed by atoms with Gasteiger partial charge in [0.05, 0.1) is 10.9 Å². The smallest absolute Gasteiger partial charge is 0.162 e. The summed E-state index contributed by atoms with van der Waals surface area (Å²) < 4.78 is 0. The average Bonchev–Trinajstić information content (AvgIpc) is 2.69. The summed E-state index contributed by atoms with van der Waals surface area (Å²) in [5.41, 5.74) is 3.78. The van der Waals surface area contributed by atoms with Crippen LogP contribution in [-0.2, 0) is 4.79 Å². The molecule has 1 aliphatic heterocycles. The zero-order valence-corrected chi connectivity index (χ0v) is 16.9. The molecular weight excluding hydrogens is 385 g/mol. The Balaban J connectivity index is 1.91. The quantitative estimate of drug-likeness (QED) is 0.561. The minimum absolute atomic E-state index is 0.0544. The molecule has 1 aliphatic carbocycles. The summed E-state index contributed by atoms with van der Waals surface area (Å²) in [6.45, 7) is 4.29. The number of allylic oxidation sites excluding steroid dienone is 1. The topological polar surface area (TPSA) is 29.1 Å². The largest absolute Gasteiger partial charge is 0.358 e. The Hall–Kier alpha value is -1.42. The lowest BCUT2D eigenvalue weighted by Crippen LogP contribution is -2.29. The van der Waals surface area contributed by atoms with Crippen LogP contribution in [0.5, 0.6) is 0 Å². The van der Waals surface area contributed by atoms with Crippen molar-refractivity contribution in [1.82, 2.24) is 0 Å². The van der Waals surface area contributed by atoms with Gasteiger partial charge in [-0.25, -0.2) is 0 Å². The molecule has 0 bridgehead atoms. The Labute approximate surface area is 168 Å². The number of hydrogen-bond acceptors (Lipinski definition) is 3. The van der Waals surface area contributed by atoms with Gasteiger partial charge in [0.15, 0.2) is 5.78 Å². The van der Waals surface area contributed by atoms with E-state index in [1.54, 1.807) is 17.8 Å². The SMILES string of the molecule is CC1(C)CC(=O)C2=C(C1)Nc1ccccc1S[C@H]2c1ccc(Cl)cc1Cl. The molecule has 2 nitrogen and oxygen atoms in total. The van der Waals surface area contributed by atoms with E-state index in [0.29, 0.717) is 16.5 Å². The van der Waals surface area contributed by atoms with Gasteiger partial charge in [0, 0.05) is 32.6 Å². The molecule has 26 heavy (non-hydrogen) atoms. The van der Waals surface area contributed by atoms with Crippen LogP contribution in [0, 0.1) is 5.41 Å². The van der Waals surface area contributed by atoms with Crippen molar-refractivity contribution in [3.05, 3.63) is 69.3 Å². The van der Waals surface area contributed by atoms with Crippen molar-refractivity contribution in [3.8, 4) is 0 Å². The minimum Gasteiger partial charge on any atom is -0.358 e. The second kappa shape index (κ2) is 6.63. The second-order valence-electron chi connectivity index (χ2n) is 7.62. The predicted molar refractivity (Wildman–Crippen MR) is 110 cm³/mol. The number of thioether (sulfide) groups is 1. The third-order valence-electron chi connectivity index (χ3n) is 4.84. The molecule has 5 heteroatoms. The molecule has 0 spiro atoms. The van der Waals surface area contributed by atoms with E-state index in [4.69, 9.17) is 23.2 Å². The molecule has 4 rings (SSSR count). The van der Waals surface area contributed by atoms with Gasteiger partial charge in [-0.2, -0.15) is 0 Å². The first kappa shape index (κ1) is 18.0. The molecule has 0 amide bonds. The molecule has 134 valence electrons. The van der Waals surface area contributed by atoms with Gasteiger partial charge in [-0.05, 0) is 41.7 Å². The summed E-state index contributed by atoms with van der Waals surface area (Å²) >= 11 is 14.3. The van der Waals surface area contributed by atoms with Gasteiger partial charge in [0.25, 0.3) is 0 Å². The number of rotatable bonds is 1. The zero-order valence-electron chi connectivity index (χ0n) is 14.6. The number of ketones is 1. The van der Waals surface area contributed by atoms with Gasteiger partial charge in [0.1, 0.15) is 0 Å². The molecule has 2 aromatic rings. The van der Waals surface area contributed by atoms with Gasteiger partial charge < -0.3 is 5.32 Å². The number of anilines is 1.